The lowest BCUT2D eigenvalue weighted by Crippen LogP contribution is -2.30. The SMILES string of the molecule is CC(C)C(CNCc1cncn1C1CC1)C(C)C. The predicted octanol–water partition coefficient (Wildman–Crippen LogP) is 3.24. The molecule has 0 atom stereocenters. The zero-order valence-electron chi connectivity index (χ0n) is 12.2. The standard InChI is InChI=1S/C15H27N3/c1-11(2)15(12(3)4)9-16-7-14-8-17-10-18(14)13-5-6-13/h8,10-13,15-16H,5-7,9H2,1-4H3. The molecule has 3 nitrogen and oxygen atoms in total. The molecule has 2 rings (SSSR count). The summed E-state index contributed by atoms with van der Waals surface area (Å²) < 4.78 is 2.34. The lowest BCUT2D eigenvalue weighted by Gasteiger charge is -2.25. The van der Waals surface area contributed by atoms with Crippen molar-refractivity contribution in [2.24, 2.45) is 17.8 Å². The third-order valence-electron chi connectivity index (χ3n) is 4.09. The van der Waals surface area contributed by atoms with E-state index in [0.717, 1.165) is 36.9 Å². The van der Waals surface area contributed by atoms with Gasteiger partial charge in [-0.25, -0.2) is 4.98 Å². The van der Waals surface area contributed by atoms with Crippen molar-refractivity contribution in [1.82, 2.24) is 14.9 Å². The van der Waals surface area contributed by atoms with E-state index in [1.807, 2.05) is 12.5 Å². The Kier molecular flexibility index (Phi) is 4.44. The van der Waals surface area contributed by atoms with Crippen LogP contribution in [0.5, 0.6) is 0 Å². The van der Waals surface area contributed by atoms with Gasteiger partial charge in [-0.1, -0.05) is 27.7 Å². The van der Waals surface area contributed by atoms with E-state index in [-0.39, 0.29) is 0 Å². The highest BCUT2D eigenvalue weighted by Gasteiger charge is 2.25. The van der Waals surface area contributed by atoms with E-state index in [4.69, 9.17) is 0 Å². The molecule has 1 N–H and O–H groups in total. The maximum Gasteiger partial charge on any atom is 0.0951 e. The number of nitrogens with one attached hydrogen (secondary N) is 1. The van der Waals surface area contributed by atoms with E-state index >= 15 is 0 Å². The topological polar surface area (TPSA) is 29.9 Å². The molecule has 1 aliphatic carbocycles. The van der Waals surface area contributed by atoms with Crippen molar-refractivity contribution in [2.45, 2.75) is 53.1 Å². The van der Waals surface area contributed by atoms with E-state index in [1.165, 1.54) is 18.5 Å². The second kappa shape index (κ2) is 5.87. The number of rotatable bonds is 7. The Hall–Kier alpha value is -0.830. The van der Waals surface area contributed by atoms with Gasteiger partial charge in [0.05, 0.1) is 12.0 Å². The number of hydrogen-bond acceptors (Lipinski definition) is 2. The molecule has 0 aromatic carbocycles. The van der Waals surface area contributed by atoms with Gasteiger partial charge in [-0.2, -0.15) is 0 Å². The molecule has 0 radical (unpaired) electrons. The van der Waals surface area contributed by atoms with Gasteiger partial charge >= 0.3 is 0 Å². The molecule has 1 aromatic heterocycles. The Labute approximate surface area is 111 Å². The summed E-state index contributed by atoms with van der Waals surface area (Å²) in [4.78, 5) is 4.27. The molecular weight excluding hydrogens is 222 g/mol. The van der Waals surface area contributed by atoms with Gasteiger partial charge < -0.3 is 9.88 Å². The van der Waals surface area contributed by atoms with Crippen molar-refractivity contribution in [3.8, 4) is 0 Å². The minimum Gasteiger partial charge on any atom is -0.330 e. The summed E-state index contributed by atoms with van der Waals surface area (Å²) in [5.41, 5.74) is 1.34. The minimum atomic E-state index is 0.732. The molecule has 1 fully saturated rings. The Balaban J connectivity index is 1.82. The quantitative estimate of drug-likeness (QED) is 0.804. The molecule has 1 saturated carbocycles. The van der Waals surface area contributed by atoms with Crippen LogP contribution < -0.4 is 5.32 Å². The van der Waals surface area contributed by atoms with Gasteiger partial charge in [0, 0.05) is 18.8 Å². The first-order valence-corrected chi connectivity index (χ1v) is 7.31. The zero-order chi connectivity index (χ0) is 13.1. The van der Waals surface area contributed by atoms with Crippen molar-refractivity contribution < 1.29 is 0 Å². The molecule has 1 aliphatic rings. The summed E-state index contributed by atoms with van der Waals surface area (Å²) in [5.74, 6) is 2.24. The third kappa shape index (κ3) is 3.35. The lowest BCUT2D eigenvalue weighted by molar-refractivity contribution is 0.275. The van der Waals surface area contributed by atoms with Crippen molar-refractivity contribution >= 4 is 0 Å². The molecular formula is C15H27N3. The Bertz CT molecular complexity index is 356. The Morgan fingerprint density at radius 3 is 2.50 bits per heavy atom. The van der Waals surface area contributed by atoms with Crippen LogP contribution in [0.25, 0.3) is 0 Å². The van der Waals surface area contributed by atoms with E-state index < -0.39 is 0 Å². The van der Waals surface area contributed by atoms with Gasteiger partial charge in [0.25, 0.3) is 0 Å². The van der Waals surface area contributed by atoms with Gasteiger partial charge in [-0.15, -0.1) is 0 Å². The van der Waals surface area contributed by atoms with Gasteiger partial charge in [-0.05, 0) is 37.1 Å². The van der Waals surface area contributed by atoms with Gasteiger partial charge in [0.15, 0.2) is 0 Å². The molecule has 1 aromatic rings. The third-order valence-corrected chi connectivity index (χ3v) is 4.09. The molecule has 0 bridgehead atoms. The Morgan fingerprint density at radius 1 is 1.28 bits per heavy atom. The molecule has 0 aliphatic heterocycles. The van der Waals surface area contributed by atoms with Crippen LogP contribution in [-0.4, -0.2) is 16.1 Å². The zero-order valence-corrected chi connectivity index (χ0v) is 12.2. The maximum atomic E-state index is 4.27. The van der Waals surface area contributed by atoms with Gasteiger partial charge in [0.2, 0.25) is 0 Å². The summed E-state index contributed by atoms with van der Waals surface area (Å²) in [6.07, 6.45) is 6.63. The molecule has 3 heteroatoms. The van der Waals surface area contributed by atoms with E-state index in [9.17, 15) is 0 Å². The fourth-order valence-corrected chi connectivity index (χ4v) is 2.76. The van der Waals surface area contributed by atoms with Crippen molar-refractivity contribution in [1.29, 1.82) is 0 Å². The Morgan fingerprint density at radius 2 is 1.94 bits per heavy atom. The molecule has 102 valence electrons. The number of hydrogen-bond donors (Lipinski definition) is 1. The van der Waals surface area contributed by atoms with Crippen LogP contribution in [0.2, 0.25) is 0 Å². The normalized spacial score (nSPS) is 16.2. The highest BCUT2D eigenvalue weighted by molar-refractivity contribution is 5.03. The second-order valence-electron chi connectivity index (χ2n) is 6.31. The number of aromatic nitrogens is 2. The number of nitrogens with zero attached hydrogens (tertiary/aromatic N) is 2. The van der Waals surface area contributed by atoms with Crippen molar-refractivity contribution in [2.75, 3.05) is 6.54 Å². The van der Waals surface area contributed by atoms with Crippen molar-refractivity contribution in [3.63, 3.8) is 0 Å². The van der Waals surface area contributed by atoms with E-state index in [0.29, 0.717) is 0 Å². The molecule has 0 saturated heterocycles. The maximum absolute atomic E-state index is 4.27. The molecule has 1 heterocycles. The smallest absolute Gasteiger partial charge is 0.0951 e. The van der Waals surface area contributed by atoms with Crippen LogP contribution in [0, 0.1) is 17.8 Å². The summed E-state index contributed by atoms with van der Waals surface area (Å²) in [5, 5.41) is 3.61. The molecule has 18 heavy (non-hydrogen) atoms. The summed E-state index contributed by atoms with van der Waals surface area (Å²) in [6, 6.07) is 0.732. The van der Waals surface area contributed by atoms with Crippen LogP contribution in [0.4, 0.5) is 0 Å². The van der Waals surface area contributed by atoms with Gasteiger partial charge in [0.1, 0.15) is 0 Å². The van der Waals surface area contributed by atoms with Crippen molar-refractivity contribution in [3.05, 3.63) is 18.2 Å². The molecule has 0 spiro atoms. The van der Waals surface area contributed by atoms with E-state index in [1.54, 1.807) is 0 Å². The largest absolute Gasteiger partial charge is 0.330 e. The fraction of sp³-hybridized carbons (Fsp3) is 0.800. The second-order valence-corrected chi connectivity index (χ2v) is 6.31. The number of imidazole rings is 1. The summed E-state index contributed by atoms with van der Waals surface area (Å²) >= 11 is 0. The fourth-order valence-electron chi connectivity index (χ4n) is 2.76. The first-order chi connectivity index (χ1) is 8.59. The van der Waals surface area contributed by atoms with Crippen LogP contribution in [0.15, 0.2) is 12.5 Å². The lowest BCUT2D eigenvalue weighted by atomic mass is 9.85. The minimum absolute atomic E-state index is 0.732. The highest BCUT2D eigenvalue weighted by atomic mass is 15.1. The highest BCUT2D eigenvalue weighted by Crippen LogP contribution is 2.35. The van der Waals surface area contributed by atoms with Crippen LogP contribution >= 0.6 is 0 Å². The van der Waals surface area contributed by atoms with Crippen LogP contribution in [-0.2, 0) is 6.54 Å². The molecule has 0 amide bonds. The van der Waals surface area contributed by atoms with Gasteiger partial charge in [-0.3, -0.25) is 0 Å². The van der Waals surface area contributed by atoms with E-state index in [2.05, 4.69) is 42.6 Å². The summed E-state index contributed by atoms with van der Waals surface area (Å²) in [6.45, 7) is 11.3. The first-order valence-electron chi connectivity index (χ1n) is 7.31. The summed E-state index contributed by atoms with van der Waals surface area (Å²) in [7, 11) is 0. The first kappa shape index (κ1) is 13.6. The monoisotopic (exact) mass is 249 g/mol. The van der Waals surface area contributed by atoms with Crippen LogP contribution in [0.1, 0.15) is 52.3 Å². The molecule has 0 unspecified atom stereocenters. The predicted molar refractivity (Wildman–Crippen MR) is 75.4 cm³/mol. The average Bonchev–Trinajstić information content (AvgIpc) is 3.03. The van der Waals surface area contributed by atoms with Crippen LogP contribution in [0.3, 0.4) is 0 Å². The average molecular weight is 249 g/mol.